The first-order chi connectivity index (χ1) is 13.1. The van der Waals surface area contributed by atoms with Gasteiger partial charge < -0.3 is 19.5 Å². The molecule has 2 aromatic rings. The average molecular weight is 430 g/mol. The lowest BCUT2D eigenvalue weighted by atomic mass is 10.1. The van der Waals surface area contributed by atoms with Crippen LogP contribution in [0.25, 0.3) is 6.08 Å². The third-order valence-corrected chi connectivity index (χ3v) is 4.09. The van der Waals surface area contributed by atoms with Gasteiger partial charge in [-0.15, -0.1) is 0 Å². The summed E-state index contributed by atoms with van der Waals surface area (Å²) in [5, 5.41) is 2.61. The van der Waals surface area contributed by atoms with Crippen LogP contribution in [0.5, 0.6) is 11.5 Å². The van der Waals surface area contributed by atoms with Crippen LogP contribution in [0.1, 0.15) is 15.9 Å². The van der Waals surface area contributed by atoms with Crippen molar-refractivity contribution in [2.24, 2.45) is 0 Å². The summed E-state index contributed by atoms with van der Waals surface area (Å²) in [7, 11) is 0. The molecule has 3 rings (SSSR count). The lowest BCUT2D eigenvalue weighted by molar-refractivity contribution is -0.138. The van der Waals surface area contributed by atoms with Crippen LogP contribution in [0.2, 0.25) is 0 Å². The number of hydrogen-bond acceptors (Lipinski definition) is 5. The molecule has 138 valence electrons. The Bertz CT molecular complexity index is 922. The number of esters is 1. The predicted octanol–water partition coefficient (Wildman–Crippen LogP) is 3.68. The number of nitrogens with one attached hydrogen (secondary N) is 1. The largest absolute Gasteiger partial charge is 0.457 e. The van der Waals surface area contributed by atoms with Crippen LogP contribution in [0, 0.1) is 0 Å². The van der Waals surface area contributed by atoms with E-state index >= 15 is 0 Å². The third kappa shape index (κ3) is 4.77. The summed E-state index contributed by atoms with van der Waals surface area (Å²) < 4.78 is 16.4. The van der Waals surface area contributed by atoms with Gasteiger partial charge in [0.1, 0.15) is 12.3 Å². The van der Waals surface area contributed by atoms with E-state index in [1.54, 1.807) is 42.5 Å². The average Bonchev–Trinajstić information content (AvgIpc) is 3.13. The molecule has 1 N–H and O–H groups in total. The van der Waals surface area contributed by atoms with Crippen molar-refractivity contribution in [1.82, 2.24) is 5.32 Å². The highest BCUT2D eigenvalue weighted by atomic mass is 79.9. The minimum absolute atomic E-state index is 0.000640. The van der Waals surface area contributed by atoms with E-state index in [0.717, 1.165) is 4.47 Å². The molecule has 1 heterocycles. The van der Waals surface area contributed by atoms with Crippen molar-refractivity contribution in [1.29, 1.82) is 0 Å². The van der Waals surface area contributed by atoms with E-state index in [4.69, 9.17) is 14.2 Å². The first-order valence-electron chi connectivity index (χ1n) is 8.03. The number of halogens is 1. The molecular formula is C20H16BrNO5. The smallest absolute Gasteiger partial charge is 0.355 e. The SMILES string of the molecule is C=CCOC(=O)C(=Cc1ccc2c(c1)OCO2)NC(=O)c1cccc(Br)c1. The Hall–Kier alpha value is -3.06. The Kier molecular flexibility index (Phi) is 5.93. The minimum atomic E-state index is -0.670. The molecule has 0 saturated heterocycles. The Morgan fingerprint density at radius 3 is 2.78 bits per heavy atom. The van der Waals surface area contributed by atoms with Crippen molar-refractivity contribution >= 4 is 33.9 Å². The molecule has 6 nitrogen and oxygen atoms in total. The summed E-state index contributed by atoms with van der Waals surface area (Å²) in [5.74, 6) is 0.0942. The second-order valence-electron chi connectivity index (χ2n) is 5.52. The van der Waals surface area contributed by atoms with Gasteiger partial charge in [-0.3, -0.25) is 4.79 Å². The summed E-state index contributed by atoms with van der Waals surface area (Å²) in [4.78, 5) is 24.9. The van der Waals surface area contributed by atoms with E-state index in [0.29, 0.717) is 22.6 Å². The Balaban J connectivity index is 1.87. The van der Waals surface area contributed by atoms with Crippen LogP contribution in [-0.4, -0.2) is 25.3 Å². The van der Waals surface area contributed by atoms with E-state index in [1.165, 1.54) is 12.2 Å². The van der Waals surface area contributed by atoms with Gasteiger partial charge in [-0.2, -0.15) is 0 Å². The highest BCUT2D eigenvalue weighted by Gasteiger charge is 2.18. The van der Waals surface area contributed by atoms with Gasteiger partial charge in [-0.25, -0.2) is 4.79 Å². The standard InChI is InChI=1S/C20H16BrNO5/c1-2-8-25-20(24)16(22-19(23)14-4-3-5-15(21)11-14)9-13-6-7-17-18(10-13)27-12-26-17/h2-7,9-11H,1,8,12H2,(H,22,23). The highest BCUT2D eigenvalue weighted by Crippen LogP contribution is 2.33. The lowest BCUT2D eigenvalue weighted by Crippen LogP contribution is -2.28. The maximum Gasteiger partial charge on any atom is 0.355 e. The summed E-state index contributed by atoms with van der Waals surface area (Å²) in [5.41, 5.74) is 1.05. The lowest BCUT2D eigenvalue weighted by Gasteiger charge is -2.10. The Morgan fingerprint density at radius 2 is 2.00 bits per heavy atom. The quantitative estimate of drug-likeness (QED) is 0.430. The van der Waals surface area contributed by atoms with Crippen molar-refractivity contribution in [3.8, 4) is 11.5 Å². The number of benzene rings is 2. The number of carbonyl (C=O) groups excluding carboxylic acids is 2. The van der Waals surface area contributed by atoms with E-state index in [9.17, 15) is 9.59 Å². The van der Waals surface area contributed by atoms with Crippen molar-refractivity contribution in [3.63, 3.8) is 0 Å². The molecule has 0 atom stereocenters. The van der Waals surface area contributed by atoms with Gasteiger partial charge in [0.05, 0.1) is 0 Å². The zero-order valence-electron chi connectivity index (χ0n) is 14.2. The van der Waals surface area contributed by atoms with Gasteiger partial charge in [-0.05, 0) is 42.0 Å². The number of rotatable bonds is 6. The number of hydrogen-bond donors (Lipinski definition) is 1. The molecule has 7 heteroatoms. The minimum Gasteiger partial charge on any atom is -0.457 e. The van der Waals surface area contributed by atoms with Gasteiger partial charge in [-0.1, -0.05) is 40.7 Å². The van der Waals surface area contributed by atoms with Crippen LogP contribution < -0.4 is 14.8 Å². The highest BCUT2D eigenvalue weighted by molar-refractivity contribution is 9.10. The number of fused-ring (bicyclic) bond motifs is 1. The van der Waals surface area contributed by atoms with Gasteiger partial charge in [0.2, 0.25) is 6.79 Å². The molecule has 2 aromatic carbocycles. The van der Waals surface area contributed by atoms with E-state index in [-0.39, 0.29) is 19.1 Å². The number of carbonyl (C=O) groups is 2. The van der Waals surface area contributed by atoms with E-state index < -0.39 is 11.9 Å². The molecule has 1 aliphatic rings. The summed E-state index contributed by atoms with van der Waals surface area (Å²) in [6.45, 7) is 3.69. The molecule has 0 spiro atoms. The molecule has 1 aliphatic heterocycles. The molecule has 0 bridgehead atoms. The molecule has 0 saturated carbocycles. The molecule has 27 heavy (non-hydrogen) atoms. The fraction of sp³-hybridized carbons (Fsp3) is 0.100. The topological polar surface area (TPSA) is 73.9 Å². The van der Waals surface area contributed by atoms with Crippen molar-refractivity contribution in [2.45, 2.75) is 0 Å². The van der Waals surface area contributed by atoms with Crippen LogP contribution in [0.15, 0.2) is 65.3 Å². The summed E-state index contributed by atoms with van der Waals surface area (Å²) >= 11 is 3.32. The van der Waals surface area contributed by atoms with Crippen molar-refractivity contribution in [3.05, 3.63) is 76.4 Å². The van der Waals surface area contributed by atoms with Crippen LogP contribution in [0.4, 0.5) is 0 Å². The second-order valence-corrected chi connectivity index (χ2v) is 6.44. The van der Waals surface area contributed by atoms with Gasteiger partial charge in [0, 0.05) is 10.0 Å². The van der Waals surface area contributed by atoms with Crippen LogP contribution >= 0.6 is 15.9 Å². The Labute approximate surface area is 164 Å². The monoisotopic (exact) mass is 429 g/mol. The summed E-state index contributed by atoms with van der Waals surface area (Å²) in [6, 6.07) is 12.0. The fourth-order valence-electron chi connectivity index (χ4n) is 2.35. The van der Waals surface area contributed by atoms with E-state index in [1.807, 2.05) is 0 Å². The molecule has 0 aromatic heterocycles. The van der Waals surface area contributed by atoms with Crippen molar-refractivity contribution < 1.29 is 23.8 Å². The maximum atomic E-state index is 12.5. The molecule has 0 unspecified atom stereocenters. The number of amides is 1. The first-order valence-corrected chi connectivity index (χ1v) is 8.82. The number of ether oxygens (including phenoxy) is 3. The molecule has 1 amide bonds. The normalized spacial score (nSPS) is 12.4. The molecule has 0 aliphatic carbocycles. The maximum absolute atomic E-state index is 12.5. The first kappa shape index (κ1) is 18.7. The Morgan fingerprint density at radius 1 is 1.19 bits per heavy atom. The third-order valence-electron chi connectivity index (χ3n) is 3.59. The van der Waals surface area contributed by atoms with Crippen LogP contribution in [0.3, 0.4) is 0 Å². The van der Waals surface area contributed by atoms with Gasteiger partial charge >= 0.3 is 5.97 Å². The second kappa shape index (κ2) is 8.55. The van der Waals surface area contributed by atoms with Crippen molar-refractivity contribution in [2.75, 3.05) is 13.4 Å². The molecular weight excluding hydrogens is 414 g/mol. The van der Waals surface area contributed by atoms with Gasteiger partial charge in [0.25, 0.3) is 5.91 Å². The molecule has 0 fully saturated rings. The molecule has 0 radical (unpaired) electrons. The fourth-order valence-corrected chi connectivity index (χ4v) is 2.75. The predicted molar refractivity (Wildman–Crippen MR) is 103 cm³/mol. The van der Waals surface area contributed by atoms with Gasteiger partial charge in [0.15, 0.2) is 11.5 Å². The summed E-state index contributed by atoms with van der Waals surface area (Å²) in [6.07, 6.45) is 2.97. The van der Waals surface area contributed by atoms with E-state index in [2.05, 4.69) is 27.8 Å². The zero-order chi connectivity index (χ0) is 19.2. The van der Waals surface area contributed by atoms with Crippen LogP contribution in [-0.2, 0) is 9.53 Å². The zero-order valence-corrected chi connectivity index (χ0v) is 15.8.